The van der Waals surface area contributed by atoms with E-state index in [0.717, 1.165) is 24.9 Å². The van der Waals surface area contributed by atoms with E-state index in [0.29, 0.717) is 18.5 Å². The summed E-state index contributed by atoms with van der Waals surface area (Å²) in [4.78, 5) is 24.8. The molecule has 0 aliphatic heterocycles. The number of nitrogens with two attached hydrogens (primary N) is 1. The summed E-state index contributed by atoms with van der Waals surface area (Å²) in [5.41, 5.74) is 3.81. The largest absolute Gasteiger partial charge is 0.378 e. The van der Waals surface area contributed by atoms with E-state index >= 15 is 0 Å². The average Bonchev–Trinajstić information content (AvgIpc) is 2.50. The summed E-state index contributed by atoms with van der Waals surface area (Å²) in [6, 6.07) is 7.47. The maximum Gasteiger partial charge on any atom is 0.251 e. The van der Waals surface area contributed by atoms with Crippen LogP contribution in [-0.4, -0.2) is 32.5 Å². The first-order chi connectivity index (χ1) is 10.0. The summed E-state index contributed by atoms with van der Waals surface area (Å²) in [5.74, 6) is 4.76. The van der Waals surface area contributed by atoms with E-state index < -0.39 is 0 Å². The predicted octanol–water partition coefficient (Wildman–Crippen LogP) is 1.03. The van der Waals surface area contributed by atoms with Gasteiger partial charge in [-0.15, -0.1) is 0 Å². The summed E-state index contributed by atoms with van der Waals surface area (Å²) < 4.78 is 0. The third-order valence-electron chi connectivity index (χ3n) is 3.17. The molecule has 0 saturated carbocycles. The Balaban J connectivity index is 2.23. The van der Waals surface area contributed by atoms with Crippen molar-refractivity contribution in [2.24, 2.45) is 5.84 Å². The third kappa shape index (κ3) is 6.27. The molecule has 116 valence electrons. The van der Waals surface area contributed by atoms with Crippen molar-refractivity contribution in [3.05, 3.63) is 29.8 Å². The van der Waals surface area contributed by atoms with Crippen LogP contribution in [0.3, 0.4) is 0 Å². The molecule has 1 rings (SSSR count). The van der Waals surface area contributed by atoms with Gasteiger partial charge in [0.05, 0.1) is 0 Å². The minimum atomic E-state index is -0.153. The van der Waals surface area contributed by atoms with Gasteiger partial charge in [-0.2, -0.15) is 0 Å². The lowest BCUT2D eigenvalue weighted by molar-refractivity contribution is -0.121. The van der Waals surface area contributed by atoms with E-state index in [-0.39, 0.29) is 11.8 Å². The molecule has 0 aromatic heterocycles. The standard InChI is InChI=1S/C15H24N4O2/c1-19(2)13-9-7-12(8-10-13)15(21)17-11-5-3-4-6-14(20)18-16/h7-10H,3-6,11,16H2,1-2H3,(H,17,21)(H,18,20). The van der Waals surface area contributed by atoms with E-state index in [1.54, 1.807) is 0 Å². The maximum absolute atomic E-state index is 11.9. The molecule has 2 amide bonds. The van der Waals surface area contributed by atoms with Crippen molar-refractivity contribution in [2.75, 3.05) is 25.5 Å². The highest BCUT2D eigenvalue weighted by Gasteiger charge is 2.05. The van der Waals surface area contributed by atoms with E-state index in [9.17, 15) is 9.59 Å². The lowest BCUT2D eigenvalue weighted by Gasteiger charge is -2.12. The van der Waals surface area contributed by atoms with Gasteiger partial charge in [0.1, 0.15) is 0 Å². The molecule has 1 aromatic rings. The Bertz CT molecular complexity index is 457. The Morgan fingerprint density at radius 2 is 1.76 bits per heavy atom. The van der Waals surface area contributed by atoms with Crippen LogP contribution in [0.4, 0.5) is 5.69 Å². The SMILES string of the molecule is CN(C)c1ccc(C(=O)NCCCCCC(=O)NN)cc1. The Hall–Kier alpha value is -2.08. The third-order valence-corrected chi connectivity index (χ3v) is 3.17. The number of unbranched alkanes of at least 4 members (excludes halogenated alkanes) is 2. The highest BCUT2D eigenvalue weighted by molar-refractivity contribution is 5.94. The van der Waals surface area contributed by atoms with Crippen LogP contribution in [0.25, 0.3) is 0 Å². The molecule has 0 saturated heterocycles. The summed E-state index contributed by atoms with van der Waals surface area (Å²) in [6.07, 6.45) is 2.93. The smallest absolute Gasteiger partial charge is 0.251 e. The summed E-state index contributed by atoms with van der Waals surface area (Å²) in [5, 5.41) is 2.87. The Kier molecular flexibility index (Phi) is 7.25. The van der Waals surface area contributed by atoms with Gasteiger partial charge in [-0.1, -0.05) is 6.42 Å². The van der Waals surface area contributed by atoms with Crippen LogP contribution in [0.2, 0.25) is 0 Å². The van der Waals surface area contributed by atoms with Crippen LogP contribution < -0.4 is 21.5 Å². The second kappa shape index (κ2) is 8.97. The quantitative estimate of drug-likeness (QED) is 0.289. The molecule has 0 radical (unpaired) electrons. The molecule has 0 heterocycles. The highest BCUT2D eigenvalue weighted by Crippen LogP contribution is 2.12. The first kappa shape index (κ1) is 17.0. The van der Waals surface area contributed by atoms with Gasteiger partial charge in [-0.05, 0) is 37.1 Å². The second-order valence-electron chi connectivity index (χ2n) is 5.08. The second-order valence-corrected chi connectivity index (χ2v) is 5.08. The number of benzene rings is 1. The Labute approximate surface area is 125 Å². The van der Waals surface area contributed by atoms with Crippen molar-refractivity contribution in [1.29, 1.82) is 0 Å². The van der Waals surface area contributed by atoms with Crippen molar-refractivity contribution in [3.8, 4) is 0 Å². The zero-order valence-corrected chi connectivity index (χ0v) is 12.7. The van der Waals surface area contributed by atoms with Gasteiger partial charge in [-0.25, -0.2) is 5.84 Å². The minimum Gasteiger partial charge on any atom is -0.378 e. The van der Waals surface area contributed by atoms with E-state index in [2.05, 4.69) is 10.7 Å². The molecule has 0 atom stereocenters. The lowest BCUT2D eigenvalue weighted by Crippen LogP contribution is -2.29. The molecule has 0 unspecified atom stereocenters. The number of nitrogens with one attached hydrogen (secondary N) is 2. The fraction of sp³-hybridized carbons (Fsp3) is 0.467. The number of amides is 2. The minimum absolute atomic E-state index is 0.0694. The van der Waals surface area contributed by atoms with Crippen molar-refractivity contribution in [3.63, 3.8) is 0 Å². The number of rotatable bonds is 8. The van der Waals surface area contributed by atoms with Crippen LogP contribution in [0.1, 0.15) is 36.0 Å². The molecule has 0 aliphatic carbocycles. The van der Waals surface area contributed by atoms with E-state index in [1.807, 2.05) is 43.3 Å². The Morgan fingerprint density at radius 1 is 1.10 bits per heavy atom. The first-order valence-electron chi connectivity index (χ1n) is 7.09. The predicted molar refractivity (Wildman–Crippen MR) is 83.9 cm³/mol. The average molecular weight is 292 g/mol. The van der Waals surface area contributed by atoms with Gasteiger partial charge < -0.3 is 10.2 Å². The van der Waals surface area contributed by atoms with Crippen molar-refractivity contribution in [1.82, 2.24) is 10.7 Å². The number of hydrogen-bond acceptors (Lipinski definition) is 4. The number of anilines is 1. The van der Waals surface area contributed by atoms with Gasteiger partial charge in [0.2, 0.25) is 5.91 Å². The fourth-order valence-electron chi connectivity index (χ4n) is 1.87. The summed E-state index contributed by atoms with van der Waals surface area (Å²) in [7, 11) is 3.92. The zero-order valence-electron chi connectivity index (χ0n) is 12.7. The number of carbonyl (C=O) groups excluding carboxylic acids is 2. The van der Waals surface area contributed by atoms with Gasteiger partial charge in [0.15, 0.2) is 0 Å². The highest BCUT2D eigenvalue weighted by atomic mass is 16.2. The van der Waals surface area contributed by atoms with E-state index in [4.69, 9.17) is 5.84 Å². The van der Waals surface area contributed by atoms with Crippen LogP contribution in [0, 0.1) is 0 Å². The molecule has 4 N–H and O–H groups in total. The van der Waals surface area contributed by atoms with Crippen LogP contribution in [0.5, 0.6) is 0 Å². The van der Waals surface area contributed by atoms with Crippen molar-refractivity contribution in [2.45, 2.75) is 25.7 Å². The summed E-state index contributed by atoms with van der Waals surface area (Å²) >= 11 is 0. The topological polar surface area (TPSA) is 87.5 Å². The number of hydrogen-bond donors (Lipinski definition) is 3. The van der Waals surface area contributed by atoms with Crippen LogP contribution in [0.15, 0.2) is 24.3 Å². The van der Waals surface area contributed by atoms with Gasteiger partial charge >= 0.3 is 0 Å². The number of carbonyl (C=O) groups is 2. The molecule has 21 heavy (non-hydrogen) atoms. The maximum atomic E-state index is 11.9. The molecule has 1 aromatic carbocycles. The fourth-order valence-corrected chi connectivity index (χ4v) is 1.87. The normalized spacial score (nSPS) is 10.0. The molecule has 0 aliphatic rings. The molecule has 0 spiro atoms. The molecule has 6 heteroatoms. The van der Waals surface area contributed by atoms with Gasteiger partial charge in [0.25, 0.3) is 5.91 Å². The lowest BCUT2D eigenvalue weighted by atomic mass is 10.1. The summed E-state index contributed by atoms with van der Waals surface area (Å²) in [6.45, 7) is 0.610. The van der Waals surface area contributed by atoms with Crippen LogP contribution >= 0.6 is 0 Å². The first-order valence-corrected chi connectivity index (χ1v) is 7.09. The van der Waals surface area contributed by atoms with Crippen LogP contribution in [-0.2, 0) is 4.79 Å². The Morgan fingerprint density at radius 3 is 2.33 bits per heavy atom. The van der Waals surface area contributed by atoms with Gasteiger partial charge in [0, 0.05) is 38.3 Å². The molecular formula is C15H24N4O2. The van der Waals surface area contributed by atoms with Gasteiger partial charge in [-0.3, -0.25) is 15.0 Å². The molecule has 6 nitrogen and oxygen atoms in total. The zero-order chi connectivity index (χ0) is 15.7. The van der Waals surface area contributed by atoms with Crippen molar-refractivity contribution < 1.29 is 9.59 Å². The molecule has 0 bridgehead atoms. The van der Waals surface area contributed by atoms with Crippen molar-refractivity contribution >= 4 is 17.5 Å². The van der Waals surface area contributed by atoms with E-state index in [1.165, 1.54) is 0 Å². The molecular weight excluding hydrogens is 268 g/mol. The monoisotopic (exact) mass is 292 g/mol. The number of hydrazine groups is 1. The number of nitrogens with zero attached hydrogens (tertiary/aromatic N) is 1. The molecule has 0 fully saturated rings.